The molecule has 3 fully saturated rings. The van der Waals surface area contributed by atoms with Gasteiger partial charge in [0.1, 0.15) is 0 Å². The Balaban J connectivity index is 2.51. The van der Waals surface area contributed by atoms with Crippen LogP contribution in [0.1, 0.15) is 12.8 Å². The fraction of sp³-hybridized carbons (Fsp3) is 0.667. The average molecular weight is 286 g/mol. The minimum absolute atomic E-state index is 0.228. The molecule has 8 nitrogen and oxygen atoms in total. The van der Waals surface area contributed by atoms with Crippen LogP contribution in [0.2, 0.25) is 0 Å². The van der Waals surface area contributed by atoms with E-state index < -0.39 is 59.4 Å². The summed E-state index contributed by atoms with van der Waals surface area (Å²) >= 11 is 0. The zero-order valence-electron chi connectivity index (χ0n) is 10.3. The van der Waals surface area contributed by atoms with Crippen molar-refractivity contribution in [1.82, 2.24) is 0 Å². The van der Waals surface area contributed by atoms with E-state index in [-0.39, 0.29) is 12.8 Å². The minimum Gasteiger partial charge on any atom is -0.481 e. The first-order valence-corrected chi connectivity index (χ1v) is 6.18. The highest BCUT2D eigenvalue weighted by Gasteiger charge is 2.62. The van der Waals surface area contributed by atoms with E-state index in [1.807, 2.05) is 0 Å². The third-order valence-electron chi connectivity index (χ3n) is 4.59. The summed E-state index contributed by atoms with van der Waals surface area (Å²) in [5, 5.41) is 36.8. The summed E-state index contributed by atoms with van der Waals surface area (Å²) in [6, 6.07) is 0. The van der Waals surface area contributed by atoms with Crippen LogP contribution in [0.5, 0.6) is 0 Å². The second-order valence-corrected chi connectivity index (χ2v) is 5.36. The largest absolute Gasteiger partial charge is 0.481 e. The van der Waals surface area contributed by atoms with E-state index in [1.54, 1.807) is 0 Å². The second kappa shape index (κ2) is 4.77. The van der Waals surface area contributed by atoms with Gasteiger partial charge >= 0.3 is 23.9 Å². The molecule has 2 bridgehead atoms. The molecule has 0 saturated heterocycles. The fourth-order valence-electron chi connectivity index (χ4n) is 3.96. The lowest BCUT2D eigenvalue weighted by Crippen LogP contribution is -2.59. The molecule has 0 aliphatic heterocycles. The zero-order valence-corrected chi connectivity index (χ0v) is 10.3. The van der Waals surface area contributed by atoms with Crippen LogP contribution in [0.25, 0.3) is 0 Å². The number of rotatable bonds is 4. The van der Waals surface area contributed by atoms with Gasteiger partial charge in [0.2, 0.25) is 0 Å². The van der Waals surface area contributed by atoms with Crippen LogP contribution in [0.15, 0.2) is 0 Å². The predicted molar refractivity (Wildman–Crippen MR) is 60.7 cm³/mol. The Labute approximate surface area is 113 Å². The molecular formula is C12H14O8. The molecule has 0 amide bonds. The van der Waals surface area contributed by atoms with E-state index in [4.69, 9.17) is 0 Å². The molecule has 110 valence electrons. The Bertz CT molecular complexity index is 400. The van der Waals surface area contributed by atoms with Gasteiger partial charge in [0.05, 0.1) is 23.7 Å². The minimum atomic E-state index is -1.37. The van der Waals surface area contributed by atoms with Gasteiger partial charge in [-0.15, -0.1) is 0 Å². The number of carboxylic acid groups (broad SMARTS) is 4. The zero-order chi connectivity index (χ0) is 15.2. The molecule has 4 N–H and O–H groups in total. The number of aliphatic carboxylic acids is 4. The van der Waals surface area contributed by atoms with Gasteiger partial charge in [-0.05, 0) is 24.7 Å². The van der Waals surface area contributed by atoms with Crippen molar-refractivity contribution in [3.63, 3.8) is 0 Å². The third-order valence-corrected chi connectivity index (χ3v) is 4.59. The topological polar surface area (TPSA) is 149 Å². The first-order valence-electron chi connectivity index (χ1n) is 6.18. The van der Waals surface area contributed by atoms with Crippen molar-refractivity contribution < 1.29 is 39.6 Å². The number of fused-ring (bicyclic) bond motifs is 3. The first-order chi connectivity index (χ1) is 9.27. The van der Waals surface area contributed by atoms with Gasteiger partial charge in [-0.2, -0.15) is 0 Å². The monoisotopic (exact) mass is 286 g/mol. The van der Waals surface area contributed by atoms with Crippen molar-refractivity contribution in [1.29, 1.82) is 0 Å². The molecule has 4 atom stereocenters. The van der Waals surface area contributed by atoms with E-state index in [1.165, 1.54) is 0 Å². The van der Waals surface area contributed by atoms with Crippen LogP contribution >= 0.6 is 0 Å². The van der Waals surface area contributed by atoms with Crippen LogP contribution in [-0.2, 0) is 19.2 Å². The van der Waals surface area contributed by atoms with E-state index >= 15 is 0 Å². The van der Waals surface area contributed by atoms with Gasteiger partial charge < -0.3 is 20.4 Å². The van der Waals surface area contributed by atoms with E-state index in [9.17, 15) is 39.6 Å². The number of hydrogen-bond donors (Lipinski definition) is 4. The number of carboxylic acids is 4. The third kappa shape index (κ3) is 1.91. The van der Waals surface area contributed by atoms with Crippen molar-refractivity contribution >= 4 is 23.9 Å². The molecule has 0 spiro atoms. The summed E-state index contributed by atoms with van der Waals surface area (Å²) in [5.41, 5.74) is 0. The molecular weight excluding hydrogens is 272 g/mol. The molecule has 3 aliphatic carbocycles. The maximum Gasteiger partial charge on any atom is 0.307 e. The van der Waals surface area contributed by atoms with E-state index in [0.29, 0.717) is 0 Å². The average Bonchev–Trinajstić information content (AvgIpc) is 2.36. The van der Waals surface area contributed by atoms with Crippen molar-refractivity contribution in [2.45, 2.75) is 12.8 Å². The normalized spacial score (nSPS) is 39.2. The first kappa shape index (κ1) is 14.3. The number of hydrogen-bond acceptors (Lipinski definition) is 4. The Morgan fingerprint density at radius 2 is 0.750 bits per heavy atom. The van der Waals surface area contributed by atoms with Gasteiger partial charge in [-0.1, -0.05) is 0 Å². The summed E-state index contributed by atoms with van der Waals surface area (Å²) in [5.74, 6) is -12.8. The van der Waals surface area contributed by atoms with E-state index in [0.717, 1.165) is 0 Å². The summed E-state index contributed by atoms with van der Waals surface area (Å²) in [7, 11) is 0. The van der Waals surface area contributed by atoms with Crippen LogP contribution in [0.3, 0.4) is 0 Å². The number of carbonyl (C=O) groups is 4. The van der Waals surface area contributed by atoms with Crippen molar-refractivity contribution in [2.24, 2.45) is 35.5 Å². The van der Waals surface area contributed by atoms with Crippen molar-refractivity contribution in [2.75, 3.05) is 0 Å². The smallest absolute Gasteiger partial charge is 0.307 e. The molecule has 0 aromatic heterocycles. The lowest BCUT2D eigenvalue weighted by atomic mass is 9.50. The van der Waals surface area contributed by atoms with Crippen LogP contribution in [-0.4, -0.2) is 44.3 Å². The molecule has 0 aromatic rings. The van der Waals surface area contributed by atoms with Crippen molar-refractivity contribution in [3.8, 4) is 0 Å². The Morgan fingerprint density at radius 3 is 0.900 bits per heavy atom. The SMILES string of the molecule is O=C(O)C1C2CCC(C1C(=O)O)C(C(=O)O)C2C(=O)O. The van der Waals surface area contributed by atoms with Gasteiger partial charge in [-0.25, -0.2) is 0 Å². The second-order valence-electron chi connectivity index (χ2n) is 5.36. The molecule has 3 aliphatic rings. The Morgan fingerprint density at radius 1 is 0.550 bits per heavy atom. The Kier molecular flexibility index (Phi) is 3.41. The molecule has 4 unspecified atom stereocenters. The van der Waals surface area contributed by atoms with Crippen molar-refractivity contribution in [3.05, 3.63) is 0 Å². The lowest BCUT2D eigenvalue weighted by molar-refractivity contribution is -0.189. The molecule has 3 rings (SSSR count). The lowest BCUT2D eigenvalue weighted by Gasteiger charge is -2.51. The summed E-state index contributed by atoms with van der Waals surface area (Å²) in [4.78, 5) is 45.2. The van der Waals surface area contributed by atoms with Gasteiger partial charge in [-0.3, -0.25) is 19.2 Å². The summed E-state index contributed by atoms with van der Waals surface area (Å²) in [6.45, 7) is 0. The molecule has 0 heterocycles. The highest BCUT2D eigenvalue weighted by atomic mass is 16.4. The van der Waals surface area contributed by atoms with E-state index in [2.05, 4.69) is 0 Å². The molecule has 8 heteroatoms. The van der Waals surface area contributed by atoms with Crippen LogP contribution in [0.4, 0.5) is 0 Å². The summed E-state index contributed by atoms with van der Waals surface area (Å²) < 4.78 is 0. The van der Waals surface area contributed by atoms with Gasteiger partial charge in [0, 0.05) is 0 Å². The molecule has 3 saturated carbocycles. The molecule has 0 aromatic carbocycles. The standard InChI is InChI=1S/C12H14O8/c13-9(14)5-3-1-2-4(7(5)11(17)18)8(12(19)20)6(3)10(15)16/h3-8H,1-2H2,(H,13,14)(H,15,16)(H,17,18)(H,19,20). The highest BCUT2D eigenvalue weighted by Crippen LogP contribution is 2.55. The summed E-state index contributed by atoms with van der Waals surface area (Å²) in [6.07, 6.45) is 0.457. The van der Waals surface area contributed by atoms with Crippen LogP contribution in [0, 0.1) is 35.5 Å². The Hall–Kier alpha value is -2.12. The quantitative estimate of drug-likeness (QED) is 0.556. The molecule has 20 heavy (non-hydrogen) atoms. The fourth-order valence-corrected chi connectivity index (χ4v) is 3.96. The van der Waals surface area contributed by atoms with Gasteiger partial charge in [0.15, 0.2) is 0 Å². The maximum absolute atomic E-state index is 11.3. The highest BCUT2D eigenvalue weighted by molar-refractivity contribution is 5.87. The molecule has 0 radical (unpaired) electrons. The van der Waals surface area contributed by atoms with Crippen LogP contribution < -0.4 is 0 Å². The predicted octanol–water partition coefficient (Wildman–Crippen LogP) is -0.171. The maximum atomic E-state index is 11.3. The van der Waals surface area contributed by atoms with Gasteiger partial charge in [0.25, 0.3) is 0 Å².